The number of amidine groups is 1. The van der Waals surface area contributed by atoms with E-state index in [1.54, 1.807) is 0 Å². The summed E-state index contributed by atoms with van der Waals surface area (Å²) in [7, 11) is 0. The van der Waals surface area contributed by atoms with Crippen LogP contribution in [0.4, 0.5) is 0 Å². The normalized spacial score (nSPS) is 19.9. The van der Waals surface area contributed by atoms with Crippen LogP contribution in [0.5, 0.6) is 0 Å². The second-order valence-electron chi connectivity index (χ2n) is 10.9. The van der Waals surface area contributed by atoms with Crippen molar-refractivity contribution in [3.05, 3.63) is 120 Å². The van der Waals surface area contributed by atoms with Gasteiger partial charge in [-0.3, -0.25) is 14.3 Å². The van der Waals surface area contributed by atoms with Gasteiger partial charge in [-0.05, 0) is 47.1 Å². The number of carbonyl (C=O) groups is 1. The molecule has 0 unspecified atom stereocenters. The molecule has 192 valence electrons. The van der Waals surface area contributed by atoms with Gasteiger partial charge in [0.25, 0.3) is 0 Å². The van der Waals surface area contributed by atoms with Crippen molar-refractivity contribution in [3.63, 3.8) is 0 Å². The van der Waals surface area contributed by atoms with Crippen LogP contribution in [0.25, 0.3) is 10.8 Å². The first-order chi connectivity index (χ1) is 18.6. The molecule has 6 rings (SSSR count). The van der Waals surface area contributed by atoms with Crippen LogP contribution in [0, 0.1) is 5.92 Å². The van der Waals surface area contributed by atoms with Gasteiger partial charge >= 0.3 is 0 Å². The van der Waals surface area contributed by atoms with Crippen LogP contribution in [0.1, 0.15) is 42.9 Å². The number of carbonyl (C=O) groups excluding carboxylic acids is 1. The summed E-state index contributed by atoms with van der Waals surface area (Å²) in [5.41, 5.74) is 8.88. The first kappa shape index (κ1) is 24.4. The van der Waals surface area contributed by atoms with Crippen molar-refractivity contribution in [2.75, 3.05) is 13.1 Å². The molecule has 4 nitrogen and oxygen atoms in total. The van der Waals surface area contributed by atoms with E-state index in [4.69, 9.17) is 5.73 Å². The van der Waals surface area contributed by atoms with Crippen LogP contribution in [-0.2, 0) is 16.8 Å². The SMILES string of the molecule is CC1=[N+](Cc2cccc3ccccc23)CCN1[C@@H]1CC[C@H](C(C(N)=O)(c2ccccc2)c2ccccc2)C1. The van der Waals surface area contributed by atoms with Crippen LogP contribution < -0.4 is 5.73 Å². The Morgan fingerprint density at radius 1 is 0.868 bits per heavy atom. The average Bonchev–Trinajstić information content (AvgIpc) is 3.57. The molecule has 1 saturated carbocycles. The van der Waals surface area contributed by atoms with E-state index >= 15 is 0 Å². The minimum Gasteiger partial charge on any atom is -0.369 e. The summed E-state index contributed by atoms with van der Waals surface area (Å²) < 4.78 is 2.52. The Bertz CT molecular complexity index is 1430. The fourth-order valence-electron chi connectivity index (χ4n) is 7.17. The highest BCUT2D eigenvalue weighted by Crippen LogP contribution is 2.48. The number of nitrogens with two attached hydrogens (primary N) is 1. The van der Waals surface area contributed by atoms with Crippen LogP contribution in [0.15, 0.2) is 103 Å². The Balaban J connectivity index is 1.29. The van der Waals surface area contributed by atoms with Gasteiger partial charge in [-0.2, -0.15) is 0 Å². The molecule has 38 heavy (non-hydrogen) atoms. The van der Waals surface area contributed by atoms with Crippen LogP contribution >= 0.6 is 0 Å². The number of nitrogens with zero attached hydrogens (tertiary/aromatic N) is 2. The van der Waals surface area contributed by atoms with Gasteiger partial charge in [-0.1, -0.05) is 103 Å². The highest BCUT2D eigenvalue weighted by atomic mass is 16.1. The lowest BCUT2D eigenvalue weighted by Gasteiger charge is -2.37. The lowest BCUT2D eigenvalue weighted by molar-refractivity contribution is -0.534. The molecule has 2 aliphatic rings. The van der Waals surface area contributed by atoms with Gasteiger partial charge in [0.05, 0.1) is 6.04 Å². The zero-order chi connectivity index (χ0) is 26.1. The molecule has 0 bridgehead atoms. The van der Waals surface area contributed by atoms with Gasteiger partial charge in [-0.25, -0.2) is 0 Å². The van der Waals surface area contributed by atoms with E-state index in [0.29, 0.717) is 6.04 Å². The Labute approximate surface area is 225 Å². The third-order valence-corrected chi connectivity index (χ3v) is 9.03. The molecule has 0 aromatic heterocycles. The molecule has 4 aromatic carbocycles. The number of hydrogen-bond acceptors (Lipinski definition) is 2. The summed E-state index contributed by atoms with van der Waals surface area (Å²) >= 11 is 0. The van der Waals surface area contributed by atoms with E-state index in [1.165, 1.54) is 22.2 Å². The Morgan fingerprint density at radius 2 is 1.50 bits per heavy atom. The van der Waals surface area contributed by atoms with E-state index in [-0.39, 0.29) is 11.8 Å². The second-order valence-corrected chi connectivity index (χ2v) is 10.9. The molecule has 2 atom stereocenters. The highest BCUT2D eigenvalue weighted by Gasteiger charge is 2.52. The molecule has 1 aliphatic heterocycles. The monoisotopic (exact) mass is 502 g/mol. The van der Waals surface area contributed by atoms with Crippen molar-refractivity contribution in [2.45, 2.75) is 44.2 Å². The zero-order valence-corrected chi connectivity index (χ0v) is 22.1. The molecule has 1 heterocycles. The van der Waals surface area contributed by atoms with Crippen molar-refractivity contribution in [1.29, 1.82) is 0 Å². The summed E-state index contributed by atoms with van der Waals surface area (Å²) in [6.07, 6.45) is 3.00. The highest BCUT2D eigenvalue weighted by molar-refractivity contribution is 5.91. The number of amides is 1. The third kappa shape index (κ3) is 4.09. The third-order valence-electron chi connectivity index (χ3n) is 9.03. The molecule has 1 fully saturated rings. The predicted molar refractivity (Wildman–Crippen MR) is 154 cm³/mol. The molecule has 0 saturated heterocycles. The van der Waals surface area contributed by atoms with Gasteiger partial charge < -0.3 is 5.73 Å². The summed E-state index contributed by atoms with van der Waals surface area (Å²) in [6.45, 7) is 5.23. The summed E-state index contributed by atoms with van der Waals surface area (Å²) in [5.74, 6) is 1.24. The number of fused-ring (bicyclic) bond motifs is 1. The number of primary amides is 1. The average molecular weight is 503 g/mol. The molecule has 1 amide bonds. The largest absolute Gasteiger partial charge is 0.369 e. The lowest BCUT2D eigenvalue weighted by atomic mass is 9.64. The maximum absolute atomic E-state index is 13.5. The summed E-state index contributed by atoms with van der Waals surface area (Å²) in [6, 6.07) is 36.0. The number of hydrogen-bond donors (Lipinski definition) is 1. The fraction of sp³-hybridized carbons (Fsp3) is 0.294. The maximum Gasteiger partial charge on any atom is 0.244 e. The maximum atomic E-state index is 13.5. The van der Waals surface area contributed by atoms with Gasteiger partial charge in [-0.15, -0.1) is 0 Å². The van der Waals surface area contributed by atoms with E-state index in [1.807, 2.05) is 36.4 Å². The van der Waals surface area contributed by atoms with Crippen LogP contribution in [-0.4, -0.2) is 40.3 Å². The molecule has 0 radical (unpaired) electrons. The number of benzene rings is 4. The van der Waals surface area contributed by atoms with Crippen molar-refractivity contribution in [3.8, 4) is 0 Å². The van der Waals surface area contributed by atoms with Crippen LogP contribution in [0.3, 0.4) is 0 Å². The first-order valence-corrected chi connectivity index (χ1v) is 13.8. The fourth-order valence-corrected chi connectivity index (χ4v) is 7.17. The van der Waals surface area contributed by atoms with Gasteiger partial charge in [0, 0.05) is 12.5 Å². The van der Waals surface area contributed by atoms with Gasteiger partial charge in [0.1, 0.15) is 25.0 Å². The van der Waals surface area contributed by atoms with Crippen molar-refractivity contribution < 1.29 is 9.37 Å². The van der Waals surface area contributed by atoms with Crippen LogP contribution in [0.2, 0.25) is 0 Å². The molecule has 2 N–H and O–H groups in total. The van der Waals surface area contributed by atoms with Gasteiger partial charge in [0.15, 0.2) is 0 Å². The van der Waals surface area contributed by atoms with Gasteiger partial charge in [0.2, 0.25) is 11.7 Å². The zero-order valence-electron chi connectivity index (χ0n) is 22.1. The minimum atomic E-state index is -0.826. The molecule has 1 aliphatic carbocycles. The smallest absolute Gasteiger partial charge is 0.244 e. The quantitative estimate of drug-likeness (QED) is 0.328. The van der Waals surface area contributed by atoms with E-state index in [0.717, 1.165) is 50.0 Å². The predicted octanol–water partition coefficient (Wildman–Crippen LogP) is 5.73. The molecule has 4 aromatic rings. The first-order valence-electron chi connectivity index (χ1n) is 13.8. The van der Waals surface area contributed by atoms with E-state index in [9.17, 15) is 4.79 Å². The minimum absolute atomic E-state index is 0.148. The summed E-state index contributed by atoms with van der Waals surface area (Å²) in [4.78, 5) is 16.0. The van der Waals surface area contributed by atoms with E-state index < -0.39 is 5.41 Å². The topological polar surface area (TPSA) is 49.3 Å². The standard InChI is InChI=1S/C34H35N3O/c1-25-36(24-27-13-10-12-26-11-8-9-18-32(26)27)21-22-37(25)31-20-19-30(23-31)34(33(35)38,28-14-4-2-5-15-28)29-16-6-3-7-17-29/h2-18,30-31H,19-24H2,1H3,(H-,35,38)/p+1/t30-,31+/m0/s1. The van der Waals surface area contributed by atoms with Crippen molar-refractivity contribution in [1.82, 2.24) is 4.90 Å². The van der Waals surface area contributed by atoms with Crippen molar-refractivity contribution in [2.24, 2.45) is 11.7 Å². The van der Waals surface area contributed by atoms with E-state index in [2.05, 4.69) is 83.1 Å². The second kappa shape index (κ2) is 10.1. The molecular formula is C34H36N3O+. The van der Waals surface area contributed by atoms with Crippen molar-refractivity contribution >= 4 is 22.5 Å². The molecule has 4 heteroatoms. The Hall–Kier alpha value is -3.92. The molecule has 0 spiro atoms. The summed E-state index contributed by atoms with van der Waals surface area (Å²) in [5, 5.41) is 2.63. The number of rotatable bonds is 7. The molecular weight excluding hydrogens is 466 g/mol. The Morgan fingerprint density at radius 3 is 2.18 bits per heavy atom. The lowest BCUT2D eigenvalue weighted by Crippen LogP contribution is -2.48. The Kier molecular flexibility index (Phi) is 6.49.